The summed E-state index contributed by atoms with van der Waals surface area (Å²) in [7, 11) is 0. The standard InChI is InChI=1S/C15H21F3N4O2/c1-11-9-12(15(16,17)18)20-22(11)8-6-19-13(23)10-21-7-4-2-3-5-14(21)24/h9H,2-8,10H2,1H3,(H,19,23). The van der Waals surface area contributed by atoms with Gasteiger partial charge in [0.15, 0.2) is 5.69 Å². The lowest BCUT2D eigenvalue weighted by Crippen LogP contribution is -2.41. The average molecular weight is 346 g/mol. The van der Waals surface area contributed by atoms with Gasteiger partial charge in [-0.3, -0.25) is 14.3 Å². The molecule has 0 spiro atoms. The van der Waals surface area contributed by atoms with Gasteiger partial charge in [-0.25, -0.2) is 0 Å². The van der Waals surface area contributed by atoms with E-state index >= 15 is 0 Å². The van der Waals surface area contributed by atoms with Crippen LogP contribution in [0.2, 0.25) is 0 Å². The maximum absolute atomic E-state index is 12.6. The summed E-state index contributed by atoms with van der Waals surface area (Å²) in [5, 5.41) is 6.11. The minimum absolute atomic E-state index is 0.00920. The molecule has 0 unspecified atom stereocenters. The summed E-state index contributed by atoms with van der Waals surface area (Å²) >= 11 is 0. The molecule has 1 N–H and O–H groups in total. The fraction of sp³-hybridized carbons (Fsp3) is 0.667. The molecule has 2 amide bonds. The van der Waals surface area contributed by atoms with Gasteiger partial charge in [0.2, 0.25) is 11.8 Å². The molecule has 0 radical (unpaired) electrons. The second kappa shape index (κ2) is 7.67. The molecule has 0 aliphatic carbocycles. The Labute approximate surface area is 138 Å². The zero-order valence-corrected chi connectivity index (χ0v) is 13.5. The number of amides is 2. The summed E-state index contributed by atoms with van der Waals surface area (Å²) in [6.07, 6.45) is -1.32. The van der Waals surface area contributed by atoms with Gasteiger partial charge in [0.1, 0.15) is 0 Å². The second-order valence-corrected chi connectivity index (χ2v) is 5.87. The Hall–Kier alpha value is -2.06. The van der Waals surface area contributed by atoms with Gasteiger partial charge >= 0.3 is 6.18 Å². The van der Waals surface area contributed by atoms with Gasteiger partial charge in [0, 0.05) is 25.2 Å². The Kier molecular flexibility index (Phi) is 5.84. The second-order valence-electron chi connectivity index (χ2n) is 5.87. The summed E-state index contributed by atoms with van der Waals surface area (Å²) in [6.45, 7) is 2.38. The zero-order valence-electron chi connectivity index (χ0n) is 13.5. The summed E-state index contributed by atoms with van der Waals surface area (Å²) in [4.78, 5) is 25.2. The maximum Gasteiger partial charge on any atom is 0.435 e. The molecule has 24 heavy (non-hydrogen) atoms. The van der Waals surface area contributed by atoms with Crippen LogP contribution < -0.4 is 5.32 Å². The first-order valence-corrected chi connectivity index (χ1v) is 7.93. The number of alkyl halides is 3. The highest BCUT2D eigenvalue weighted by Crippen LogP contribution is 2.28. The van der Waals surface area contributed by atoms with Crippen LogP contribution in [0.3, 0.4) is 0 Å². The number of aryl methyl sites for hydroxylation is 1. The number of likely N-dealkylation sites (tertiary alicyclic amines) is 1. The van der Waals surface area contributed by atoms with E-state index in [1.165, 1.54) is 16.5 Å². The number of hydrogen-bond acceptors (Lipinski definition) is 3. The van der Waals surface area contributed by atoms with E-state index in [4.69, 9.17) is 0 Å². The van der Waals surface area contributed by atoms with E-state index in [9.17, 15) is 22.8 Å². The number of aromatic nitrogens is 2. The third kappa shape index (κ3) is 4.97. The SMILES string of the molecule is Cc1cc(C(F)(F)F)nn1CCNC(=O)CN1CCCCCC1=O. The summed E-state index contributed by atoms with van der Waals surface area (Å²) < 4.78 is 38.9. The molecule has 0 aromatic carbocycles. The number of carbonyl (C=O) groups excluding carboxylic acids is 2. The van der Waals surface area contributed by atoms with Crippen molar-refractivity contribution in [2.24, 2.45) is 0 Å². The van der Waals surface area contributed by atoms with Crippen molar-refractivity contribution in [2.45, 2.75) is 45.3 Å². The lowest BCUT2D eigenvalue weighted by atomic mass is 10.2. The van der Waals surface area contributed by atoms with E-state index in [1.807, 2.05) is 0 Å². The Balaban J connectivity index is 1.80. The van der Waals surface area contributed by atoms with E-state index in [2.05, 4.69) is 10.4 Å². The van der Waals surface area contributed by atoms with Gasteiger partial charge in [0.05, 0.1) is 13.1 Å². The van der Waals surface area contributed by atoms with Crippen molar-refractivity contribution in [3.63, 3.8) is 0 Å². The molecule has 0 bridgehead atoms. The predicted molar refractivity (Wildman–Crippen MR) is 80.0 cm³/mol. The molecule has 1 aromatic heterocycles. The Morgan fingerprint density at radius 3 is 2.75 bits per heavy atom. The molecule has 1 aliphatic rings. The van der Waals surface area contributed by atoms with Gasteiger partial charge in [-0.2, -0.15) is 18.3 Å². The van der Waals surface area contributed by atoms with Crippen LogP contribution in [-0.2, 0) is 22.3 Å². The van der Waals surface area contributed by atoms with Gasteiger partial charge in [-0.05, 0) is 25.8 Å². The van der Waals surface area contributed by atoms with E-state index in [-0.39, 0.29) is 31.4 Å². The van der Waals surface area contributed by atoms with Crippen LogP contribution in [0.15, 0.2) is 6.07 Å². The van der Waals surface area contributed by atoms with E-state index in [0.717, 1.165) is 25.3 Å². The van der Waals surface area contributed by atoms with Crippen molar-refractivity contribution in [3.05, 3.63) is 17.5 Å². The Bertz CT molecular complexity index is 598. The first-order chi connectivity index (χ1) is 11.3. The van der Waals surface area contributed by atoms with Crippen molar-refractivity contribution >= 4 is 11.8 Å². The highest BCUT2D eigenvalue weighted by molar-refractivity contribution is 5.84. The molecular formula is C15H21F3N4O2. The summed E-state index contributed by atoms with van der Waals surface area (Å²) in [5.74, 6) is -0.341. The largest absolute Gasteiger partial charge is 0.435 e. The van der Waals surface area contributed by atoms with Crippen LogP contribution in [0.4, 0.5) is 13.2 Å². The Morgan fingerprint density at radius 2 is 2.08 bits per heavy atom. The fourth-order valence-electron chi connectivity index (χ4n) is 2.61. The number of carbonyl (C=O) groups is 2. The van der Waals surface area contributed by atoms with Gasteiger partial charge < -0.3 is 10.2 Å². The van der Waals surface area contributed by atoms with Crippen molar-refractivity contribution < 1.29 is 22.8 Å². The normalized spacial score (nSPS) is 16.2. The molecule has 1 saturated heterocycles. The number of halogens is 3. The summed E-state index contributed by atoms with van der Waals surface area (Å²) in [5.41, 5.74) is -0.569. The van der Waals surface area contributed by atoms with Crippen LogP contribution in [-0.4, -0.2) is 46.1 Å². The number of hydrogen-bond donors (Lipinski definition) is 1. The van der Waals surface area contributed by atoms with Crippen LogP contribution in [0.25, 0.3) is 0 Å². The first-order valence-electron chi connectivity index (χ1n) is 7.93. The van der Waals surface area contributed by atoms with Gasteiger partial charge in [-0.1, -0.05) is 6.42 Å². The number of nitrogens with one attached hydrogen (secondary N) is 1. The van der Waals surface area contributed by atoms with Crippen molar-refractivity contribution in [2.75, 3.05) is 19.6 Å². The van der Waals surface area contributed by atoms with E-state index in [0.29, 0.717) is 18.7 Å². The minimum atomic E-state index is -4.48. The van der Waals surface area contributed by atoms with Crippen LogP contribution in [0.1, 0.15) is 37.1 Å². The van der Waals surface area contributed by atoms with Crippen molar-refractivity contribution in [3.8, 4) is 0 Å². The maximum atomic E-state index is 12.6. The third-order valence-electron chi connectivity index (χ3n) is 3.92. The molecule has 2 heterocycles. The molecule has 1 aromatic rings. The van der Waals surface area contributed by atoms with Gasteiger partial charge in [0.25, 0.3) is 0 Å². The first kappa shape index (κ1) is 18.3. The molecule has 0 atom stereocenters. The molecule has 134 valence electrons. The summed E-state index contributed by atoms with van der Waals surface area (Å²) in [6, 6.07) is 0.970. The Morgan fingerprint density at radius 1 is 1.33 bits per heavy atom. The van der Waals surface area contributed by atoms with E-state index in [1.54, 1.807) is 0 Å². The van der Waals surface area contributed by atoms with Crippen molar-refractivity contribution in [1.82, 2.24) is 20.0 Å². The zero-order chi connectivity index (χ0) is 17.7. The molecule has 1 aliphatic heterocycles. The quantitative estimate of drug-likeness (QED) is 0.883. The average Bonchev–Trinajstić information content (AvgIpc) is 2.75. The lowest BCUT2D eigenvalue weighted by Gasteiger charge is -2.19. The molecule has 0 saturated carbocycles. The molecule has 6 nitrogen and oxygen atoms in total. The smallest absolute Gasteiger partial charge is 0.353 e. The highest BCUT2D eigenvalue weighted by atomic mass is 19.4. The fourth-order valence-corrected chi connectivity index (χ4v) is 2.61. The molecule has 9 heteroatoms. The van der Waals surface area contributed by atoms with Gasteiger partial charge in [-0.15, -0.1) is 0 Å². The van der Waals surface area contributed by atoms with E-state index < -0.39 is 11.9 Å². The van der Waals surface area contributed by atoms with Crippen molar-refractivity contribution in [1.29, 1.82) is 0 Å². The monoisotopic (exact) mass is 346 g/mol. The number of nitrogens with zero attached hydrogens (tertiary/aromatic N) is 3. The minimum Gasteiger partial charge on any atom is -0.353 e. The molecular weight excluding hydrogens is 325 g/mol. The van der Waals surface area contributed by atoms with Crippen LogP contribution >= 0.6 is 0 Å². The van der Waals surface area contributed by atoms with Crippen LogP contribution in [0.5, 0.6) is 0 Å². The molecule has 2 rings (SSSR count). The lowest BCUT2D eigenvalue weighted by molar-refractivity contribution is -0.141. The molecule has 1 fully saturated rings. The number of rotatable bonds is 5. The van der Waals surface area contributed by atoms with Crippen LogP contribution in [0, 0.1) is 6.92 Å². The topological polar surface area (TPSA) is 67.2 Å². The predicted octanol–water partition coefficient (Wildman–Crippen LogP) is 1.73. The third-order valence-corrected chi connectivity index (χ3v) is 3.92. The highest BCUT2D eigenvalue weighted by Gasteiger charge is 2.34.